The summed E-state index contributed by atoms with van der Waals surface area (Å²) < 4.78 is 18.1. The van der Waals surface area contributed by atoms with Crippen LogP contribution in [-0.2, 0) is 0 Å². The molecule has 1 atom stereocenters. The van der Waals surface area contributed by atoms with Gasteiger partial charge in [0.2, 0.25) is 0 Å². The highest BCUT2D eigenvalue weighted by Gasteiger charge is 2.11. The minimum absolute atomic E-state index is 0. The third-order valence-electron chi connectivity index (χ3n) is 1.69. The first kappa shape index (κ1) is 12.2. The molecule has 1 rings (SSSR count). The number of benzene rings is 1. The van der Waals surface area contributed by atoms with Crippen molar-refractivity contribution in [1.29, 1.82) is 0 Å². The number of hydrogen-bond acceptors (Lipinski definition) is 2. The van der Waals surface area contributed by atoms with E-state index in [0.29, 0.717) is 11.3 Å². The number of methoxy groups -OCH3 is 1. The number of rotatable bonds is 2. The fraction of sp³-hybridized carbons (Fsp3) is 0.333. The van der Waals surface area contributed by atoms with Crippen molar-refractivity contribution in [2.24, 2.45) is 5.73 Å². The Bertz CT molecular complexity index is 278. The van der Waals surface area contributed by atoms with Crippen LogP contribution in [0.4, 0.5) is 4.39 Å². The van der Waals surface area contributed by atoms with Crippen molar-refractivity contribution in [2.45, 2.75) is 13.0 Å². The van der Waals surface area contributed by atoms with Gasteiger partial charge in [0.25, 0.3) is 0 Å². The van der Waals surface area contributed by atoms with Crippen LogP contribution in [0.1, 0.15) is 18.5 Å². The molecule has 0 fully saturated rings. The molecule has 0 aromatic heterocycles. The van der Waals surface area contributed by atoms with Gasteiger partial charge in [-0.05, 0) is 19.1 Å². The fourth-order valence-electron chi connectivity index (χ4n) is 1.14. The Morgan fingerprint density at radius 2 is 2.08 bits per heavy atom. The highest BCUT2D eigenvalue weighted by atomic mass is 35.5. The van der Waals surface area contributed by atoms with Gasteiger partial charge in [0.15, 0.2) is 0 Å². The summed E-state index contributed by atoms with van der Waals surface area (Å²) in [4.78, 5) is 0. The van der Waals surface area contributed by atoms with E-state index in [2.05, 4.69) is 0 Å². The van der Waals surface area contributed by atoms with E-state index in [-0.39, 0.29) is 24.3 Å². The summed E-state index contributed by atoms with van der Waals surface area (Å²) in [5.41, 5.74) is 6.00. The summed E-state index contributed by atoms with van der Waals surface area (Å²) in [6.07, 6.45) is 0. The highest BCUT2D eigenvalue weighted by molar-refractivity contribution is 5.85. The van der Waals surface area contributed by atoms with E-state index >= 15 is 0 Å². The smallest absolute Gasteiger partial charge is 0.131 e. The normalized spacial score (nSPS) is 11.7. The first-order chi connectivity index (χ1) is 5.66. The van der Waals surface area contributed by atoms with Crippen molar-refractivity contribution in [2.75, 3.05) is 7.11 Å². The Kier molecular flexibility index (Phi) is 4.73. The minimum atomic E-state index is -0.346. The molecule has 0 bridgehead atoms. The average Bonchev–Trinajstić information content (AvgIpc) is 2.03. The zero-order valence-corrected chi connectivity index (χ0v) is 8.40. The third-order valence-corrected chi connectivity index (χ3v) is 1.69. The van der Waals surface area contributed by atoms with Gasteiger partial charge in [0.1, 0.15) is 11.6 Å². The van der Waals surface area contributed by atoms with Crippen LogP contribution in [0.2, 0.25) is 0 Å². The molecule has 0 radical (unpaired) electrons. The van der Waals surface area contributed by atoms with Gasteiger partial charge in [-0.15, -0.1) is 12.4 Å². The zero-order valence-electron chi connectivity index (χ0n) is 7.58. The Balaban J connectivity index is 0.00000144. The molecule has 0 aliphatic heterocycles. The van der Waals surface area contributed by atoms with E-state index in [1.165, 1.54) is 13.2 Å². The fourth-order valence-corrected chi connectivity index (χ4v) is 1.14. The highest BCUT2D eigenvalue weighted by Crippen LogP contribution is 2.25. The number of ether oxygens (including phenoxy) is 1. The van der Waals surface area contributed by atoms with E-state index in [4.69, 9.17) is 10.5 Å². The molecule has 1 aromatic carbocycles. The van der Waals surface area contributed by atoms with Gasteiger partial charge in [-0.3, -0.25) is 0 Å². The van der Waals surface area contributed by atoms with E-state index in [1.807, 2.05) is 0 Å². The van der Waals surface area contributed by atoms with Crippen molar-refractivity contribution < 1.29 is 9.13 Å². The van der Waals surface area contributed by atoms with Crippen LogP contribution in [0, 0.1) is 5.82 Å². The maximum absolute atomic E-state index is 13.1. The summed E-state index contributed by atoms with van der Waals surface area (Å²) in [6, 6.07) is 4.32. The maximum Gasteiger partial charge on any atom is 0.131 e. The lowest BCUT2D eigenvalue weighted by Gasteiger charge is -2.11. The molecule has 0 aliphatic rings. The van der Waals surface area contributed by atoms with Gasteiger partial charge in [-0.2, -0.15) is 0 Å². The lowest BCUT2D eigenvalue weighted by molar-refractivity contribution is 0.400. The molecule has 2 N–H and O–H groups in total. The molecular formula is C9H13ClFNO. The van der Waals surface area contributed by atoms with Crippen molar-refractivity contribution in [3.63, 3.8) is 0 Å². The topological polar surface area (TPSA) is 35.2 Å². The predicted octanol–water partition coefficient (Wildman–Crippen LogP) is 2.28. The van der Waals surface area contributed by atoms with Crippen LogP contribution in [-0.4, -0.2) is 7.11 Å². The van der Waals surface area contributed by atoms with Crippen LogP contribution in [0.15, 0.2) is 18.2 Å². The zero-order chi connectivity index (χ0) is 9.14. The molecule has 0 unspecified atom stereocenters. The van der Waals surface area contributed by atoms with E-state index in [1.54, 1.807) is 19.1 Å². The summed E-state index contributed by atoms with van der Waals surface area (Å²) in [5, 5.41) is 0. The maximum atomic E-state index is 13.1. The number of hydrogen-bond donors (Lipinski definition) is 1. The van der Waals surface area contributed by atoms with E-state index < -0.39 is 0 Å². The van der Waals surface area contributed by atoms with E-state index in [9.17, 15) is 4.39 Å². The Labute approximate surface area is 83.3 Å². The van der Waals surface area contributed by atoms with Crippen molar-refractivity contribution >= 4 is 12.4 Å². The first-order valence-corrected chi connectivity index (χ1v) is 3.74. The molecule has 0 amide bonds. The molecule has 0 spiro atoms. The summed E-state index contributed by atoms with van der Waals surface area (Å²) in [5.74, 6) is 0.189. The van der Waals surface area contributed by atoms with Gasteiger partial charge < -0.3 is 10.5 Å². The molecule has 2 nitrogen and oxygen atoms in total. The van der Waals surface area contributed by atoms with Crippen molar-refractivity contribution in [1.82, 2.24) is 0 Å². The van der Waals surface area contributed by atoms with Crippen LogP contribution in [0.5, 0.6) is 5.75 Å². The monoisotopic (exact) mass is 205 g/mol. The third kappa shape index (κ3) is 2.57. The van der Waals surface area contributed by atoms with Gasteiger partial charge >= 0.3 is 0 Å². The van der Waals surface area contributed by atoms with Crippen LogP contribution in [0.3, 0.4) is 0 Å². The Morgan fingerprint density at radius 1 is 1.46 bits per heavy atom. The largest absolute Gasteiger partial charge is 0.496 e. The molecule has 13 heavy (non-hydrogen) atoms. The van der Waals surface area contributed by atoms with Crippen LogP contribution >= 0.6 is 12.4 Å². The second-order valence-electron chi connectivity index (χ2n) is 2.64. The van der Waals surface area contributed by atoms with Crippen LogP contribution in [0.25, 0.3) is 0 Å². The van der Waals surface area contributed by atoms with Gasteiger partial charge in [-0.25, -0.2) is 4.39 Å². The van der Waals surface area contributed by atoms with Crippen molar-refractivity contribution in [3.05, 3.63) is 29.6 Å². The molecule has 0 saturated heterocycles. The quantitative estimate of drug-likeness (QED) is 0.804. The van der Waals surface area contributed by atoms with Crippen molar-refractivity contribution in [3.8, 4) is 5.75 Å². The number of nitrogens with two attached hydrogens (primary N) is 1. The lowest BCUT2D eigenvalue weighted by Crippen LogP contribution is -2.09. The first-order valence-electron chi connectivity index (χ1n) is 3.74. The van der Waals surface area contributed by atoms with Gasteiger partial charge in [-0.1, -0.05) is 6.07 Å². The molecule has 0 aliphatic carbocycles. The lowest BCUT2D eigenvalue weighted by atomic mass is 10.1. The van der Waals surface area contributed by atoms with Gasteiger partial charge in [0.05, 0.1) is 7.11 Å². The molecule has 74 valence electrons. The Morgan fingerprint density at radius 3 is 2.46 bits per heavy atom. The minimum Gasteiger partial charge on any atom is -0.496 e. The standard InChI is InChI=1S/C9H12FNO.ClH/c1-6(11)9-7(10)4-3-5-8(9)12-2;/h3-6H,11H2,1-2H3;1H/t6-;/m0./s1. The van der Waals surface area contributed by atoms with Crippen LogP contribution < -0.4 is 10.5 Å². The second kappa shape index (κ2) is 5.04. The van der Waals surface area contributed by atoms with E-state index in [0.717, 1.165) is 0 Å². The molecular weight excluding hydrogens is 193 g/mol. The Hall–Kier alpha value is -0.800. The average molecular weight is 206 g/mol. The summed E-state index contributed by atoms with van der Waals surface area (Å²) in [6.45, 7) is 1.72. The second-order valence-corrected chi connectivity index (χ2v) is 2.64. The summed E-state index contributed by atoms with van der Waals surface area (Å²) in [7, 11) is 1.50. The molecule has 4 heteroatoms. The molecule has 0 heterocycles. The van der Waals surface area contributed by atoms with Gasteiger partial charge in [0, 0.05) is 11.6 Å². The SMILES string of the molecule is COc1cccc(F)c1[C@H](C)N.Cl. The molecule has 0 saturated carbocycles. The summed E-state index contributed by atoms with van der Waals surface area (Å²) >= 11 is 0. The molecule has 1 aromatic rings. The number of halogens is 2. The predicted molar refractivity (Wildman–Crippen MR) is 52.8 cm³/mol.